The summed E-state index contributed by atoms with van der Waals surface area (Å²) in [4.78, 5) is 16.4. The van der Waals surface area contributed by atoms with Crippen LogP contribution in [-0.2, 0) is 6.42 Å². The van der Waals surface area contributed by atoms with E-state index in [4.69, 9.17) is 0 Å². The number of carbonyl (C=O) groups is 1. The molecule has 20 heavy (non-hydrogen) atoms. The van der Waals surface area contributed by atoms with Crippen molar-refractivity contribution in [1.29, 1.82) is 0 Å². The van der Waals surface area contributed by atoms with Crippen LogP contribution in [0.4, 0.5) is 0 Å². The van der Waals surface area contributed by atoms with Crippen LogP contribution in [0.2, 0.25) is 0 Å². The van der Waals surface area contributed by atoms with Gasteiger partial charge in [-0.2, -0.15) is 0 Å². The normalized spacial score (nSPS) is 10.6. The third-order valence-corrected chi connectivity index (χ3v) is 3.40. The lowest BCUT2D eigenvalue weighted by atomic mass is 10.0. The van der Waals surface area contributed by atoms with Crippen LogP contribution >= 0.6 is 0 Å². The van der Waals surface area contributed by atoms with E-state index in [1.54, 1.807) is 6.20 Å². The van der Waals surface area contributed by atoms with Crippen LogP contribution in [0, 0.1) is 0 Å². The van der Waals surface area contributed by atoms with Crippen LogP contribution in [0.15, 0.2) is 66.9 Å². The Morgan fingerprint density at radius 3 is 2.65 bits per heavy atom. The Kier molecular flexibility index (Phi) is 3.55. The van der Waals surface area contributed by atoms with Crippen LogP contribution in [-0.4, -0.2) is 10.8 Å². The molecule has 3 aromatic rings. The van der Waals surface area contributed by atoms with Gasteiger partial charge < -0.3 is 0 Å². The predicted molar refractivity (Wildman–Crippen MR) is 80.8 cm³/mol. The first-order valence-corrected chi connectivity index (χ1v) is 6.75. The van der Waals surface area contributed by atoms with Gasteiger partial charge in [0.05, 0.1) is 5.52 Å². The SMILES string of the molecule is O=C(CCc1ccc2ncccc2c1)c1ccccc1. The van der Waals surface area contributed by atoms with Gasteiger partial charge in [0.15, 0.2) is 5.78 Å². The van der Waals surface area contributed by atoms with Gasteiger partial charge in [-0.1, -0.05) is 42.5 Å². The Bertz CT molecular complexity index is 735. The second-order valence-electron chi connectivity index (χ2n) is 4.82. The van der Waals surface area contributed by atoms with Gasteiger partial charge in [-0.15, -0.1) is 0 Å². The molecule has 0 radical (unpaired) electrons. The largest absolute Gasteiger partial charge is 0.294 e. The highest BCUT2D eigenvalue weighted by Crippen LogP contribution is 2.15. The van der Waals surface area contributed by atoms with Crippen molar-refractivity contribution in [2.24, 2.45) is 0 Å². The number of aryl methyl sites for hydroxylation is 1. The zero-order valence-electron chi connectivity index (χ0n) is 11.1. The molecule has 98 valence electrons. The molecule has 0 N–H and O–H groups in total. The second-order valence-corrected chi connectivity index (χ2v) is 4.82. The molecule has 2 heteroatoms. The third-order valence-electron chi connectivity index (χ3n) is 3.40. The van der Waals surface area contributed by atoms with Gasteiger partial charge in [0.1, 0.15) is 0 Å². The molecule has 0 unspecified atom stereocenters. The van der Waals surface area contributed by atoms with E-state index in [0.717, 1.165) is 22.9 Å². The maximum atomic E-state index is 12.1. The molecule has 2 aromatic carbocycles. The summed E-state index contributed by atoms with van der Waals surface area (Å²) in [6.07, 6.45) is 3.09. The van der Waals surface area contributed by atoms with E-state index < -0.39 is 0 Å². The fourth-order valence-corrected chi connectivity index (χ4v) is 2.31. The van der Waals surface area contributed by atoms with Crippen LogP contribution in [0.25, 0.3) is 10.9 Å². The number of fused-ring (bicyclic) bond motifs is 1. The molecule has 1 heterocycles. The Labute approximate surface area is 118 Å². The molecule has 0 aliphatic heterocycles. The van der Waals surface area contributed by atoms with Crippen molar-refractivity contribution in [2.75, 3.05) is 0 Å². The number of ketones is 1. The van der Waals surface area contributed by atoms with Crippen molar-refractivity contribution in [3.05, 3.63) is 78.0 Å². The minimum absolute atomic E-state index is 0.192. The monoisotopic (exact) mass is 261 g/mol. The van der Waals surface area contributed by atoms with Crippen molar-refractivity contribution in [1.82, 2.24) is 4.98 Å². The van der Waals surface area contributed by atoms with Gasteiger partial charge >= 0.3 is 0 Å². The standard InChI is InChI=1S/C18H15NO/c20-18(15-5-2-1-3-6-15)11-9-14-8-10-17-16(13-14)7-4-12-19-17/h1-8,10,12-13H,9,11H2. The maximum Gasteiger partial charge on any atom is 0.163 e. The first-order chi connectivity index (χ1) is 9.83. The number of hydrogen-bond acceptors (Lipinski definition) is 2. The topological polar surface area (TPSA) is 30.0 Å². The number of Topliss-reactive ketones (excluding diaryl/α,β-unsaturated/α-hetero) is 1. The van der Waals surface area contributed by atoms with E-state index in [-0.39, 0.29) is 5.78 Å². The summed E-state index contributed by atoms with van der Waals surface area (Å²) in [7, 11) is 0. The van der Waals surface area contributed by atoms with Crippen molar-refractivity contribution in [3.63, 3.8) is 0 Å². The Balaban J connectivity index is 1.72. The average Bonchev–Trinajstić information content (AvgIpc) is 2.53. The van der Waals surface area contributed by atoms with E-state index in [1.807, 2.05) is 54.6 Å². The highest BCUT2D eigenvalue weighted by molar-refractivity contribution is 5.96. The number of carbonyl (C=O) groups excluding carboxylic acids is 1. The summed E-state index contributed by atoms with van der Waals surface area (Å²) in [6.45, 7) is 0. The highest BCUT2D eigenvalue weighted by Gasteiger charge is 2.05. The van der Waals surface area contributed by atoms with E-state index in [0.29, 0.717) is 6.42 Å². The molecule has 0 saturated carbocycles. The molecule has 2 nitrogen and oxygen atoms in total. The minimum atomic E-state index is 0.192. The molecule has 0 spiro atoms. The lowest BCUT2D eigenvalue weighted by Gasteiger charge is -2.03. The molecular formula is C18H15NO. The van der Waals surface area contributed by atoms with Crippen LogP contribution in [0.3, 0.4) is 0 Å². The predicted octanol–water partition coefficient (Wildman–Crippen LogP) is 4.05. The molecule has 1 aromatic heterocycles. The number of pyridine rings is 1. The molecule has 0 fully saturated rings. The molecule has 0 saturated heterocycles. The van der Waals surface area contributed by atoms with Gasteiger partial charge in [-0.3, -0.25) is 9.78 Å². The number of rotatable bonds is 4. The molecule has 0 aliphatic carbocycles. The molecular weight excluding hydrogens is 246 g/mol. The van der Waals surface area contributed by atoms with Gasteiger partial charge in [-0.05, 0) is 30.2 Å². The summed E-state index contributed by atoms with van der Waals surface area (Å²) in [5, 5.41) is 1.12. The average molecular weight is 261 g/mol. The van der Waals surface area contributed by atoms with Gasteiger partial charge in [0.2, 0.25) is 0 Å². The third kappa shape index (κ3) is 2.75. The number of aromatic nitrogens is 1. The molecule has 3 rings (SSSR count). The van der Waals surface area contributed by atoms with E-state index in [9.17, 15) is 4.79 Å². The van der Waals surface area contributed by atoms with Crippen molar-refractivity contribution in [3.8, 4) is 0 Å². The van der Waals surface area contributed by atoms with Gasteiger partial charge in [0.25, 0.3) is 0 Å². The summed E-state index contributed by atoms with van der Waals surface area (Å²) in [5.74, 6) is 0.192. The fraction of sp³-hybridized carbons (Fsp3) is 0.111. The minimum Gasteiger partial charge on any atom is -0.294 e. The molecule has 0 amide bonds. The summed E-state index contributed by atoms with van der Waals surface area (Å²) in [6, 6.07) is 19.6. The maximum absolute atomic E-state index is 12.1. The first kappa shape index (κ1) is 12.5. The van der Waals surface area contributed by atoms with Crippen LogP contribution in [0.5, 0.6) is 0 Å². The molecule has 0 atom stereocenters. The van der Waals surface area contributed by atoms with Crippen molar-refractivity contribution >= 4 is 16.7 Å². The fourth-order valence-electron chi connectivity index (χ4n) is 2.31. The van der Waals surface area contributed by atoms with Gasteiger partial charge in [0, 0.05) is 23.6 Å². The van der Waals surface area contributed by atoms with E-state index in [1.165, 1.54) is 5.56 Å². The van der Waals surface area contributed by atoms with Crippen LogP contribution in [0.1, 0.15) is 22.3 Å². The Hall–Kier alpha value is -2.48. The van der Waals surface area contributed by atoms with Crippen LogP contribution < -0.4 is 0 Å². The lowest BCUT2D eigenvalue weighted by Crippen LogP contribution is -2.00. The summed E-state index contributed by atoms with van der Waals surface area (Å²) >= 11 is 0. The molecule has 0 aliphatic rings. The zero-order chi connectivity index (χ0) is 13.8. The number of nitrogens with zero attached hydrogens (tertiary/aromatic N) is 1. The smallest absolute Gasteiger partial charge is 0.163 e. The van der Waals surface area contributed by atoms with E-state index >= 15 is 0 Å². The Morgan fingerprint density at radius 2 is 1.80 bits per heavy atom. The van der Waals surface area contributed by atoms with E-state index in [2.05, 4.69) is 11.1 Å². The van der Waals surface area contributed by atoms with Crippen molar-refractivity contribution < 1.29 is 4.79 Å². The number of hydrogen-bond donors (Lipinski definition) is 0. The van der Waals surface area contributed by atoms with Gasteiger partial charge in [-0.25, -0.2) is 0 Å². The lowest BCUT2D eigenvalue weighted by molar-refractivity contribution is 0.0983. The Morgan fingerprint density at radius 1 is 0.950 bits per heavy atom. The summed E-state index contributed by atoms with van der Waals surface area (Å²) < 4.78 is 0. The first-order valence-electron chi connectivity index (χ1n) is 6.75. The second kappa shape index (κ2) is 5.66. The highest BCUT2D eigenvalue weighted by atomic mass is 16.1. The zero-order valence-corrected chi connectivity index (χ0v) is 11.1. The number of benzene rings is 2. The quantitative estimate of drug-likeness (QED) is 0.663. The molecule has 0 bridgehead atoms. The summed E-state index contributed by atoms with van der Waals surface area (Å²) in [5.41, 5.74) is 2.95. The van der Waals surface area contributed by atoms with Crippen molar-refractivity contribution in [2.45, 2.75) is 12.8 Å².